The fraction of sp³-hybridized carbons (Fsp3) is 0.455. The van der Waals surface area contributed by atoms with Crippen LogP contribution in [0.4, 0.5) is 0 Å². The average molecular weight is 205 g/mol. The second kappa shape index (κ2) is 4.87. The molecule has 0 spiro atoms. The molecule has 0 aliphatic carbocycles. The van der Waals surface area contributed by atoms with Crippen molar-refractivity contribution in [3.63, 3.8) is 0 Å². The molecule has 0 saturated carbocycles. The molecule has 0 fully saturated rings. The van der Waals surface area contributed by atoms with Gasteiger partial charge in [-0.2, -0.15) is 5.26 Å². The first-order valence-electron chi connectivity index (χ1n) is 4.73. The van der Waals surface area contributed by atoms with Gasteiger partial charge in [-0.3, -0.25) is 0 Å². The smallest absolute Gasteiger partial charge is 0.140 e. The topological polar surface area (TPSA) is 71.9 Å². The Morgan fingerprint density at radius 2 is 2.33 bits per heavy atom. The van der Waals surface area contributed by atoms with Gasteiger partial charge in [0.1, 0.15) is 11.8 Å². The van der Waals surface area contributed by atoms with Crippen molar-refractivity contribution < 1.29 is 4.74 Å². The van der Waals surface area contributed by atoms with E-state index in [4.69, 9.17) is 15.7 Å². The predicted octanol–water partition coefficient (Wildman–Crippen LogP) is 1.21. The SMILES string of the molecule is CC(C)(N)COCc1ccnc(C#N)c1. The second-order valence-corrected chi connectivity index (χ2v) is 4.14. The lowest BCUT2D eigenvalue weighted by molar-refractivity contribution is 0.0850. The average Bonchev–Trinajstić information content (AvgIpc) is 2.16. The fourth-order valence-electron chi connectivity index (χ4n) is 1.06. The number of nitrogens with two attached hydrogens (primary N) is 1. The first-order valence-corrected chi connectivity index (χ1v) is 4.73. The van der Waals surface area contributed by atoms with Gasteiger partial charge in [-0.05, 0) is 31.5 Å². The van der Waals surface area contributed by atoms with Crippen LogP contribution < -0.4 is 5.73 Å². The molecule has 0 saturated heterocycles. The van der Waals surface area contributed by atoms with Crippen molar-refractivity contribution in [1.29, 1.82) is 5.26 Å². The van der Waals surface area contributed by atoms with E-state index in [1.807, 2.05) is 26.0 Å². The number of hydrogen-bond donors (Lipinski definition) is 1. The van der Waals surface area contributed by atoms with Gasteiger partial charge in [0.15, 0.2) is 0 Å². The number of pyridine rings is 1. The lowest BCUT2D eigenvalue weighted by Gasteiger charge is -2.18. The Morgan fingerprint density at radius 1 is 1.60 bits per heavy atom. The lowest BCUT2D eigenvalue weighted by Crippen LogP contribution is -2.37. The van der Waals surface area contributed by atoms with Gasteiger partial charge in [-0.25, -0.2) is 4.98 Å². The van der Waals surface area contributed by atoms with Crippen molar-refractivity contribution in [3.8, 4) is 6.07 Å². The molecular weight excluding hydrogens is 190 g/mol. The Labute approximate surface area is 89.7 Å². The number of hydrogen-bond acceptors (Lipinski definition) is 4. The van der Waals surface area contributed by atoms with Crippen molar-refractivity contribution in [2.75, 3.05) is 6.61 Å². The summed E-state index contributed by atoms with van der Waals surface area (Å²) in [5.74, 6) is 0. The molecule has 1 aromatic heterocycles. The quantitative estimate of drug-likeness (QED) is 0.801. The highest BCUT2D eigenvalue weighted by molar-refractivity contribution is 5.24. The van der Waals surface area contributed by atoms with E-state index in [2.05, 4.69) is 4.98 Å². The third-order valence-corrected chi connectivity index (χ3v) is 1.68. The Balaban J connectivity index is 2.48. The normalized spacial score (nSPS) is 11.1. The summed E-state index contributed by atoms with van der Waals surface area (Å²) in [4.78, 5) is 3.87. The van der Waals surface area contributed by atoms with Crippen LogP contribution in [0.25, 0.3) is 0 Å². The van der Waals surface area contributed by atoms with Gasteiger partial charge in [0.2, 0.25) is 0 Å². The highest BCUT2D eigenvalue weighted by Crippen LogP contribution is 2.05. The summed E-state index contributed by atoms with van der Waals surface area (Å²) in [5.41, 5.74) is 6.78. The van der Waals surface area contributed by atoms with E-state index in [1.165, 1.54) is 0 Å². The lowest BCUT2D eigenvalue weighted by atomic mass is 10.1. The summed E-state index contributed by atoms with van der Waals surface area (Å²) in [7, 11) is 0. The van der Waals surface area contributed by atoms with Gasteiger partial charge in [0.05, 0.1) is 13.2 Å². The van der Waals surface area contributed by atoms with Crippen LogP contribution >= 0.6 is 0 Å². The molecule has 1 aromatic rings. The van der Waals surface area contributed by atoms with Gasteiger partial charge in [0.25, 0.3) is 0 Å². The summed E-state index contributed by atoms with van der Waals surface area (Å²) in [6.45, 7) is 4.75. The molecule has 0 aliphatic rings. The number of nitriles is 1. The molecule has 80 valence electrons. The first-order chi connectivity index (χ1) is 7.01. The molecule has 4 heteroatoms. The van der Waals surface area contributed by atoms with Gasteiger partial charge in [0, 0.05) is 11.7 Å². The van der Waals surface area contributed by atoms with Crippen molar-refractivity contribution in [1.82, 2.24) is 4.98 Å². The minimum atomic E-state index is -0.328. The maximum atomic E-state index is 8.64. The fourth-order valence-corrected chi connectivity index (χ4v) is 1.06. The van der Waals surface area contributed by atoms with E-state index in [1.54, 1.807) is 12.3 Å². The summed E-state index contributed by atoms with van der Waals surface area (Å²) >= 11 is 0. The summed E-state index contributed by atoms with van der Waals surface area (Å²) in [5, 5.41) is 8.64. The second-order valence-electron chi connectivity index (χ2n) is 4.14. The minimum Gasteiger partial charge on any atom is -0.375 e. The van der Waals surface area contributed by atoms with E-state index >= 15 is 0 Å². The molecule has 0 amide bonds. The Bertz CT molecular complexity index is 363. The van der Waals surface area contributed by atoms with Gasteiger partial charge in [-0.1, -0.05) is 0 Å². The highest BCUT2D eigenvalue weighted by Gasteiger charge is 2.10. The Morgan fingerprint density at radius 3 is 2.93 bits per heavy atom. The van der Waals surface area contributed by atoms with Crippen LogP contribution in [-0.2, 0) is 11.3 Å². The van der Waals surface area contributed by atoms with Crippen LogP contribution in [0.1, 0.15) is 25.1 Å². The number of nitrogens with zero attached hydrogens (tertiary/aromatic N) is 2. The van der Waals surface area contributed by atoms with Crippen molar-refractivity contribution in [2.24, 2.45) is 5.73 Å². The van der Waals surface area contributed by atoms with Crippen LogP contribution in [0.3, 0.4) is 0 Å². The molecule has 0 aliphatic heterocycles. The van der Waals surface area contributed by atoms with Gasteiger partial charge >= 0.3 is 0 Å². The monoisotopic (exact) mass is 205 g/mol. The number of ether oxygens (including phenoxy) is 1. The van der Waals surface area contributed by atoms with E-state index in [0.29, 0.717) is 18.9 Å². The first kappa shape index (κ1) is 11.6. The van der Waals surface area contributed by atoms with E-state index in [9.17, 15) is 0 Å². The molecule has 4 nitrogen and oxygen atoms in total. The third-order valence-electron chi connectivity index (χ3n) is 1.68. The van der Waals surface area contributed by atoms with Crippen LogP contribution in [0, 0.1) is 11.3 Å². The Kier molecular flexibility index (Phi) is 3.78. The van der Waals surface area contributed by atoms with Crippen LogP contribution in [-0.4, -0.2) is 17.1 Å². The van der Waals surface area contributed by atoms with Crippen LogP contribution in [0.5, 0.6) is 0 Å². The zero-order valence-electron chi connectivity index (χ0n) is 9.03. The zero-order chi connectivity index (χ0) is 11.3. The van der Waals surface area contributed by atoms with Crippen LogP contribution in [0.2, 0.25) is 0 Å². The van der Waals surface area contributed by atoms with E-state index in [0.717, 1.165) is 5.56 Å². The standard InChI is InChI=1S/C11H15N3O/c1-11(2,13)8-15-7-9-3-4-14-10(5-9)6-12/h3-5H,7-8,13H2,1-2H3. The molecular formula is C11H15N3O. The van der Waals surface area contributed by atoms with Gasteiger partial charge < -0.3 is 10.5 Å². The zero-order valence-corrected chi connectivity index (χ0v) is 9.03. The minimum absolute atomic E-state index is 0.328. The molecule has 1 rings (SSSR count). The molecule has 1 heterocycles. The molecule has 0 unspecified atom stereocenters. The molecule has 0 atom stereocenters. The maximum Gasteiger partial charge on any atom is 0.140 e. The molecule has 0 aromatic carbocycles. The molecule has 2 N–H and O–H groups in total. The molecule has 0 radical (unpaired) electrons. The summed E-state index contributed by atoms with van der Waals surface area (Å²) in [6, 6.07) is 5.52. The summed E-state index contributed by atoms with van der Waals surface area (Å²) in [6.07, 6.45) is 1.60. The number of aromatic nitrogens is 1. The third kappa shape index (κ3) is 4.54. The van der Waals surface area contributed by atoms with Crippen molar-refractivity contribution in [3.05, 3.63) is 29.6 Å². The maximum absolute atomic E-state index is 8.64. The van der Waals surface area contributed by atoms with Crippen molar-refractivity contribution >= 4 is 0 Å². The summed E-state index contributed by atoms with van der Waals surface area (Å²) < 4.78 is 5.42. The molecule has 0 bridgehead atoms. The predicted molar refractivity (Wildman–Crippen MR) is 56.9 cm³/mol. The Hall–Kier alpha value is -1.44. The van der Waals surface area contributed by atoms with Gasteiger partial charge in [-0.15, -0.1) is 0 Å². The van der Waals surface area contributed by atoms with E-state index < -0.39 is 0 Å². The van der Waals surface area contributed by atoms with Crippen LogP contribution in [0.15, 0.2) is 18.3 Å². The molecule has 15 heavy (non-hydrogen) atoms. The largest absolute Gasteiger partial charge is 0.375 e. The van der Waals surface area contributed by atoms with Crippen molar-refractivity contribution in [2.45, 2.75) is 26.0 Å². The number of rotatable bonds is 4. The van der Waals surface area contributed by atoms with E-state index in [-0.39, 0.29) is 5.54 Å². The highest BCUT2D eigenvalue weighted by atomic mass is 16.5.